The molecule has 0 atom stereocenters. The topological polar surface area (TPSA) is 69.0 Å². The molecule has 7 heteroatoms. The largest absolute Gasteiger partial charge is 0.383 e. The van der Waals surface area contributed by atoms with E-state index < -0.39 is 0 Å². The quantitative estimate of drug-likeness (QED) is 0.734. The third kappa shape index (κ3) is 3.01. The second kappa shape index (κ2) is 6.06. The molecule has 2 aromatic heterocycles. The van der Waals surface area contributed by atoms with E-state index in [1.165, 1.54) is 6.33 Å². The standard InChI is InChI=1S/C11H16N6O/c1-16(10-3-4-12-8-13-10)7-11-15-14-9-17(11)5-6-18-2/h3-4,8-9H,5-7H2,1-2H3. The molecule has 2 rings (SSSR count). The molecule has 0 saturated carbocycles. The molecule has 0 aliphatic rings. The number of anilines is 1. The summed E-state index contributed by atoms with van der Waals surface area (Å²) < 4.78 is 7.02. The van der Waals surface area contributed by atoms with Gasteiger partial charge in [0.2, 0.25) is 0 Å². The van der Waals surface area contributed by atoms with Crippen LogP contribution in [0.4, 0.5) is 5.82 Å². The van der Waals surface area contributed by atoms with Gasteiger partial charge in [-0.3, -0.25) is 0 Å². The number of aromatic nitrogens is 5. The van der Waals surface area contributed by atoms with Crippen molar-refractivity contribution < 1.29 is 4.74 Å². The lowest BCUT2D eigenvalue weighted by Crippen LogP contribution is -2.21. The fraction of sp³-hybridized carbons (Fsp3) is 0.455. The highest BCUT2D eigenvalue weighted by Crippen LogP contribution is 2.09. The van der Waals surface area contributed by atoms with E-state index >= 15 is 0 Å². The van der Waals surface area contributed by atoms with E-state index in [2.05, 4.69) is 20.2 Å². The van der Waals surface area contributed by atoms with Crippen LogP contribution in [0.2, 0.25) is 0 Å². The Kier molecular flexibility index (Phi) is 4.19. The number of hydrogen-bond acceptors (Lipinski definition) is 6. The third-order valence-corrected chi connectivity index (χ3v) is 2.57. The van der Waals surface area contributed by atoms with E-state index in [-0.39, 0.29) is 0 Å². The molecular formula is C11H16N6O. The first-order valence-electron chi connectivity index (χ1n) is 5.64. The lowest BCUT2D eigenvalue weighted by atomic mass is 10.4. The van der Waals surface area contributed by atoms with E-state index in [4.69, 9.17) is 4.74 Å². The zero-order valence-corrected chi connectivity index (χ0v) is 10.5. The van der Waals surface area contributed by atoms with Gasteiger partial charge in [0.05, 0.1) is 13.2 Å². The van der Waals surface area contributed by atoms with Crippen LogP contribution in [0.15, 0.2) is 24.9 Å². The van der Waals surface area contributed by atoms with Crippen LogP contribution in [-0.2, 0) is 17.8 Å². The van der Waals surface area contributed by atoms with Crippen LogP contribution in [0.25, 0.3) is 0 Å². The summed E-state index contributed by atoms with van der Waals surface area (Å²) in [7, 11) is 3.63. The summed E-state index contributed by atoms with van der Waals surface area (Å²) >= 11 is 0. The Morgan fingerprint density at radius 2 is 2.33 bits per heavy atom. The first kappa shape index (κ1) is 12.4. The van der Waals surface area contributed by atoms with E-state index in [1.807, 2.05) is 22.6 Å². The van der Waals surface area contributed by atoms with Crippen LogP contribution in [0.3, 0.4) is 0 Å². The molecule has 0 amide bonds. The first-order chi connectivity index (χ1) is 8.81. The van der Waals surface area contributed by atoms with Gasteiger partial charge in [-0.05, 0) is 6.07 Å². The average Bonchev–Trinajstić information content (AvgIpc) is 2.84. The van der Waals surface area contributed by atoms with Gasteiger partial charge in [0.15, 0.2) is 5.82 Å². The van der Waals surface area contributed by atoms with Crippen molar-refractivity contribution in [3.05, 3.63) is 30.7 Å². The molecule has 0 aliphatic heterocycles. The molecule has 0 aliphatic carbocycles. The average molecular weight is 248 g/mol. The SMILES string of the molecule is COCCn1cnnc1CN(C)c1ccncn1. The van der Waals surface area contributed by atoms with Gasteiger partial charge < -0.3 is 14.2 Å². The zero-order valence-electron chi connectivity index (χ0n) is 10.5. The molecule has 0 bridgehead atoms. The van der Waals surface area contributed by atoms with Gasteiger partial charge in [0.1, 0.15) is 18.5 Å². The Balaban J connectivity index is 2.03. The second-order valence-electron chi connectivity index (χ2n) is 3.86. The Morgan fingerprint density at radius 1 is 1.44 bits per heavy atom. The van der Waals surface area contributed by atoms with Crippen molar-refractivity contribution in [3.8, 4) is 0 Å². The molecule has 96 valence electrons. The highest BCUT2D eigenvalue weighted by Gasteiger charge is 2.08. The number of nitrogens with zero attached hydrogens (tertiary/aromatic N) is 6. The van der Waals surface area contributed by atoms with Crippen LogP contribution in [-0.4, -0.2) is 45.5 Å². The van der Waals surface area contributed by atoms with E-state index in [9.17, 15) is 0 Å². The Hall–Kier alpha value is -2.02. The van der Waals surface area contributed by atoms with E-state index in [0.717, 1.165) is 18.2 Å². The van der Waals surface area contributed by atoms with E-state index in [0.29, 0.717) is 13.2 Å². The van der Waals surface area contributed by atoms with Crippen molar-refractivity contribution in [2.75, 3.05) is 25.7 Å². The predicted octanol–water partition coefficient (Wildman–Crippen LogP) is 0.351. The zero-order chi connectivity index (χ0) is 12.8. The van der Waals surface area contributed by atoms with Gasteiger partial charge in [0.25, 0.3) is 0 Å². The van der Waals surface area contributed by atoms with Crippen LogP contribution in [0.5, 0.6) is 0 Å². The lowest BCUT2D eigenvalue weighted by molar-refractivity contribution is 0.186. The molecule has 0 saturated heterocycles. The summed E-state index contributed by atoms with van der Waals surface area (Å²) in [5.74, 6) is 1.74. The van der Waals surface area contributed by atoms with Gasteiger partial charge in [-0.1, -0.05) is 0 Å². The van der Waals surface area contributed by atoms with Crippen molar-refractivity contribution in [2.24, 2.45) is 0 Å². The van der Waals surface area contributed by atoms with Crippen molar-refractivity contribution in [3.63, 3.8) is 0 Å². The molecule has 0 spiro atoms. The fourth-order valence-corrected chi connectivity index (χ4v) is 1.58. The maximum absolute atomic E-state index is 5.05. The van der Waals surface area contributed by atoms with Crippen LogP contribution < -0.4 is 4.90 Å². The van der Waals surface area contributed by atoms with Crippen molar-refractivity contribution in [2.45, 2.75) is 13.1 Å². The minimum Gasteiger partial charge on any atom is -0.383 e. The molecule has 7 nitrogen and oxygen atoms in total. The van der Waals surface area contributed by atoms with Crippen molar-refractivity contribution >= 4 is 5.82 Å². The highest BCUT2D eigenvalue weighted by molar-refractivity contribution is 5.35. The summed E-state index contributed by atoms with van der Waals surface area (Å²) in [6, 6.07) is 1.86. The molecule has 0 N–H and O–H groups in total. The normalized spacial score (nSPS) is 10.6. The van der Waals surface area contributed by atoms with Crippen LogP contribution in [0.1, 0.15) is 5.82 Å². The maximum Gasteiger partial charge on any atom is 0.152 e. The summed E-state index contributed by atoms with van der Waals surface area (Å²) in [5.41, 5.74) is 0. The molecule has 0 aromatic carbocycles. The summed E-state index contributed by atoms with van der Waals surface area (Å²) in [6.07, 6.45) is 4.96. The number of ether oxygens (including phenoxy) is 1. The lowest BCUT2D eigenvalue weighted by Gasteiger charge is -2.17. The number of rotatable bonds is 6. The monoisotopic (exact) mass is 248 g/mol. The minimum absolute atomic E-state index is 0.640. The van der Waals surface area contributed by atoms with Crippen molar-refractivity contribution in [1.82, 2.24) is 24.7 Å². The van der Waals surface area contributed by atoms with Crippen LogP contribution >= 0.6 is 0 Å². The Bertz CT molecular complexity index is 471. The van der Waals surface area contributed by atoms with Gasteiger partial charge in [0, 0.05) is 26.9 Å². The van der Waals surface area contributed by atoms with Crippen LogP contribution in [0, 0.1) is 0 Å². The van der Waals surface area contributed by atoms with Gasteiger partial charge >= 0.3 is 0 Å². The molecular weight excluding hydrogens is 232 g/mol. The Labute approximate surface area is 105 Å². The van der Waals surface area contributed by atoms with E-state index in [1.54, 1.807) is 19.6 Å². The van der Waals surface area contributed by atoms with Gasteiger partial charge in [-0.25, -0.2) is 9.97 Å². The second-order valence-corrected chi connectivity index (χ2v) is 3.86. The predicted molar refractivity (Wildman–Crippen MR) is 66.0 cm³/mol. The molecule has 2 aromatic rings. The summed E-state index contributed by atoms with van der Waals surface area (Å²) in [5, 5.41) is 8.03. The number of methoxy groups -OCH3 is 1. The first-order valence-corrected chi connectivity index (χ1v) is 5.64. The Morgan fingerprint density at radius 3 is 3.06 bits per heavy atom. The molecule has 0 radical (unpaired) electrons. The summed E-state index contributed by atoms with van der Waals surface area (Å²) in [6.45, 7) is 2.03. The molecule has 18 heavy (non-hydrogen) atoms. The molecule has 0 fully saturated rings. The summed E-state index contributed by atoms with van der Waals surface area (Å²) in [4.78, 5) is 10.1. The van der Waals surface area contributed by atoms with Gasteiger partial charge in [-0.15, -0.1) is 10.2 Å². The maximum atomic E-state index is 5.05. The highest BCUT2D eigenvalue weighted by atomic mass is 16.5. The number of hydrogen-bond donors (Lipinski definition) is 0. The van der Waals surface area contributed by atoms with Gasteiger partial charge in [-0.2, -0.15) is 0 Å². The smallest absolute Gasteiger partial charge is 0.152 e. The minimum atomic E-state index is 0.640. The molecule has 0 unspecified atom stereocenters. The third-order valence-electron chi connectivity index (χ3n) is 2.57. The fourth-order valence-electron chi connectivity index (χ4n) is 1.58. The van der Waals surface area contributed by atoms with Crippen molar-refractivity contribution in [1.29, 1.82) is 0 Å². The molecule has 2 heterocycles.